The van der Waals surface area contributed by atoms with Crippen LogP contribution < -0.4 is 0 Å². The fourth-order valence-electron chi connectivity index (χ4n) is 1.81. The SMILES string of the molecule is CCC(C)(C)CC(F)(C(=O)OC)C(C)(C)CC. The molecule has 0 aromatic rings. The summed E-state index contributed by atoms with van der Waals surface area (Å²) >= 11 is 0. The molecular weight excluding hydrogens is 219 g/mol. The van der Waals surface area contributed by atoms with E-state index in [9.17, 15) is 4.79 Å². The first-order chi connectivity index (χ1) is 7.56. The van der Waals surface area contributed by atoms with Crippen molar-refractivity contribution >= 4 is 5.97 Å². The van der Waals surface area contributed by atoms with E-state index in [2.05, 4.69) is 4.74 Å². The van der Waals surface area contributed by atoms with Crippen molar-refractivity contribution in [2.24, 2.45) is 10.8 Å². The molecule has 1 unspecified atom stereocenters. The van der Waals surface area contributed by atoms with Crippen LogP contribution in [-0.4, -0.2) is 18.7 Å². The number of rotatable bonds is 6. The van der Waals surface area contributed by atoms with E-state index in [1.54, 1.807) is 13.8 Å². The molecule has 0 aliphatic carbocycles. The molecular formula is C14H27FO2. The Hall–Kier alpha value is -0.600. The molecule has 0 rings (SSSR count). The van der Waals surface area contributed by atoms with E-state index in [1.807, 2.05) is 27.7 Å². The molecule has 0 fully saturated rings. The van der Waals surface area contributed by atoms with Crippen LogP contribution in [0.3, 0.4) is 0 Å². The number of alkyl halides is 1. The Bertz CT molecular complexity index is 271. The fourth-order valence-corrected chi connectivity index (χ4v) is 1.81. The smallest absolute Gasteiger partial charge is 0.344 e. The Morgan fingerprint density at radius 2 is 1.59 bits per heavy atom. The minimum Gasteiger partial charge on any atom is -0.467 e. The monoisotopic (exact) mass is 246 g/mol. The lowest BCUT2D eigenvalue weighted by Gasteiger charge is -2.41. The van der Waals surface area contributed by atoms with Gasteiger partial charge in [-0.25, -0.2) is 9.18 Å². The van der Waals surface area contributed by atoms with Gasteiger partial charge in [0.15, 0.2) is 0 Å². The van der Waals surface area contributed by atoms with Gasteiger partial charge in [-0.15, -0.1) is 0 Å². The molecule has 0 heterocycles. The van der Waals surface area contributed by atoms with Crippen molar-refractivity contribution in [1.29, 1.82) is 0 Å². The van der Waals surface area contributed by atoms with Gasteiger partial charge in [0.1, 0.15) is 0 Å². The molecule has 3 heteroatoms. The van der Waals surface area contributed by atoms with E-state index < -0.39 is 17.1 Å². The first kappa shape index (κ1) is 16.4. The van der Waals surface area contributed by atoms with Gasteiger partial charge in [0.05, 0.1) is 7.11 Å². The number of ether oxygens (including phenoxy) is 1. The van der Waals surface area contributed by atoms with Crippen molar-refractivity contribution in [3.05, 3.63) is 0 Å². The van der Waals surface area contributed by atoms with Crippen molar-refractivity contribution in [3.8, 4) is 0 Å². The molecule has 0 spiro atoms. The Kier molecular flexibility index (Phi) is 5.17. The lowest BCUT2D eigenvalue weighted by atomic mass is 9.66. The van der Waals surface area contributed by atoms with Gasteiger partial charge in [-0.1, -0.05) is 48.0 Å². The summed E-state index contributed by atoms with van der Waals surface area (Å²) in [6, 6.07) is 0. The number of carbonyl (C=O) groups is 1. The molecule has 102 valence electrons. The predicted octanol–water partition coefficient (Wildman–Crippen LogP) is 4.13. The van der Waals surface area contributed by atoms with Crippen molar-refractivity contribution in [2.45, 2.75) is 66.5 Å². The molecule has 0 N–H and O–H groups in total. The number of halogens is 1. The normalized spacial score (nSPS) is 16.5. The van der Waals surface area contributed by atoms with Gasteiger partial charge in [0, 0.05) is 5.41 Å². The lowest BCUT2D eigenvalue weighted by molar-refractivity contribution is -0.168. The number of hydrogen-bond acceptors (Lipinski definition) is 2. The zero-order valence-electron chi connectivity index (χ0n) is 12.3. The molecule has 0 saturated carbocycles. The average Bonchev–Trinajstić information content (AvgIpc) is 2.26. The Morgan fingerprint density at radius 3 is 1.88 bits per heavy atom. The van der Waals surface area contributed by atoms with E-state index in [1.165, 1.54) is 7.11 Å². The van der Waals surface area contributed by atoms with Crippen LogP contribution in [0.5, 0.6) is 0 Å². The maximum Gasteiger partial charge on any atom is 0.344 e. The topological polar surface area (TPSA) is 26.3 Å². The average molecular weight is 246 g/mol. The number of methoxy groups -OCH3 is 1. The van der Waals surface area contributed by atoms with Crippen LogP contribution >= 0.6 is 0 Å². The van der Waals surface area contributed by atoms with Gasteiger partial charge in [-0.05, 0) is 18.3 Å². The zero-order valence-corrected chi connectivity index (χ0v) is 12.3. The van der Waals surface area contributed by atoms with Crippen LogP contribution in [0.4, 0.5) is 4.39 Å². The highest BCUT2D eigenvalue weighted by Crippen LogP contribution is 2.46. The van der Waals surface area contributed by atoms with E-state index in [4.69, 9.17) is 0 Å². The third-order valence-electron chi connectivity index (χ3n) is 4.14. The van der Waals surface area contributed by atoms with E-state index >= 15 is 4.39 Å². The zero-order chi connectivity index (χ0) is 13.9. The second-order valence-electron chi connectivity index (χ2n) is 6.22. The Morgan fingerprint density at radius 1 is 1.12 bits per heavy atom. The molecule has 0 aromatic carbocycles. The first-order valence-electron chi connectivity index (χ1n) is 6.33. The number of carbonyl (C=O) groups excluding carboxylic acids is 1. The van der Waals surface area contributed by atoms with E-state index in [-0.39, 0.29) is 11.8 Å². The number of esters is 1. The summed E-state index contributed by atoms with van der Waals surface area (Å²) in [5.74, 6) is -0.745. The van der Waals surface area contributed by atoms with Crippen LogP contribution in [0.2, 0.25) is 0 Å². The lowest BCUT2D eigenvalue weighted by Crippen LogP contribution is -2.50. The molecule has 0 radical (unpaired) electrons. The third-order valence-corrected chi connectivity index (χ3v) is 4.14. The quantitative estimate of drug-likeness (QED) is 0.659. The Balaban J connectivity index is 5.34. The van der Waals surface area contributed by atoms with Gasteiger partial charge in [0.2, 0.25) is 5.67 Å². The van der Waals surface area contributed by atoms with Crippen LogP contribution in [0, 0.1) is 10.8 Å². The highest BCUT2D eigenvalue weighted by molar-refractivity contribution is 5.80. The molecule has 0 aliphatic heterocycles. The molecule has 17 heavy (non-hydrogen) atoms. The van der Waals surface area contributed by atoms with Gasteiger partial charge >= 0.3 is 5.97 Å². The van der Waals surface area contributed by atoms with Crippen molar-refractivity contribution in [1.82, 2.24) is 0 Å². The van der Waals surface area contributed by atoms with Gasteiger partial charge in [-0.3, -0.25) is 0 Å². The second-order valence-corrected chi connectivity index (χ2v) is 6.22. The van der Waals surface area contributed by atoms with E-state index in [0.717, 1.165) is 6.42 Å². The summed E-state index contributed by atoms with van der Waals surface area (Å²) < 4.78 is 19.9. The van der Waals surface area contributed by atoms with Crippen LogP contribution in [0.15, 0.2) is 0 Å². The summed E-state index contributed by atoms with van der Waals surface area (Å²) in [4.78, 5) is 11.8. The standard InChI is InChI=1S/C14H27FO2/c1-8-12(3,4)10-14(15,11(16)17-7)13(5,6)9-2/h8-10H2,1-7H3. The summed E-state index contributed by atoms with van der Waals surface area (Å²) in [5.41, 5.74) is -2.85. The summed E-state index contributed by atoms with van der Waals surface area (Å²) in [7, 11) is 1.25. The third kappa shape index (κ3) is 3.43. The minimum atomic E-state index is -1.92. The molecule has 0 bridgehead atoms. The first-order valence-corrected chi connectivity index (χ1v) is 6.33. The largest absolute Gasteiger partial charge is 0.467 e. The van der Waals surface area contributed by atoms with Gasteiger partial charge in [0.25, 0.3) is 0 Å². The van der Waals surface area contributed by atoms with Crippen molar-refractivity contribution < 1.29 is 13.9 Å². The van der Waals surface area contributed by atoms with Gasteiger partial charge in [-0.2, -0.15) is 0 Å². The molecule has 0 amide bonds. The highest BCUT2D eigenvalue weighted by atomic mass is 19.1. The van der Waals surface area contributed by atoms with Crippen LogP contribution in [0.1, 0.15) is 60.8 Å². The summed E-state index contributed by atoms with van der Waals surface area (Å²) in [6.07, 6.45) is 1.62. The molecule has 2 nitrogen and oxygen atoms in total. The molecule has 0 aromatic heterocycles. The highest BCUT2D eigenvalue weighted by Gasteiger charge is 2.54. The summed E-state index contributed by atoms with van der Waals surface area (Å²) in [5, 5.41) is 0. The molecule has 1 atom stereocenters. The van der Waals surface area contributed by atoms with E-state index in [0.29, 0.717) is 6.42 Å². The van der Waals surface area contributed by atoms with Gasteiger partial charge < -0.3 is 4.74 Å². The maximum absolute atomic E-state index is 15.2. The van der Waals surface area contributed by atoms with Crippen molar-refractivity contribution in [2.75, 3.05) is 7.11 Å². The second kappa shape index (κ2) is 5.36. The maximum atomic E-state index is 15.2. The fraction of sp³-hybridized carbons (Fsp3) is 0.929. The summed E-state index contributed by atoms with van der Waals surface area (Å²) in [6.45, 7) is 11.4. The molecule has 0 saturated heterocycles. The van der Waals surface area contributed by atoms with Crippen molar-refractivity contribution in [3.63, 3.8) is 0 Å². The Labute approximate surface area is 105 Å². The van der Waals surface area contributed by atoms with Crippen LogP contribution in [-0.2, 0) is 9.53 Å². The predicted molar refractivity (Wildman–Crippen MR) is 68.6 cm³/mol. The minimum absolute atomic E-state index is 0.198. The van der Waals surface area contributed by atoms with Crippen LogP contribution in [0.25, 0.3) is 0 Å². The number of hydrogen-bond donors (Lipinski definition) is 0. The molecule has 0 aliphatic rings.